The van der Waals surface area contributed by atoms with Gasteiger partial charge in [0.25, 0.3) is 5.56 Å². The van der Waals surface area contributed by atoms with E-state index in [1.165, 1.54) is 4.90 Å². The topological polar surface area (TPSA) is 117 Å². The van der Waals surface area contributed by atoms with Crippen LogP contribution in [0, 0.1) is 0 Å². The summed E-state index contributed by atoms with van der Waals surface area (Å²) < 4.78 is 90.3. The Labute approximate surface area is 246 Å². The van der Waals surface area contributed by atoms with Gasteiger partial charge in [-0.05, 0) is 12.1 Å². The van der Waals surface area contributed by atoms with E-state index in [2.05, 4.69) is 15.1 Å². The molecule has 2 fully saturated rings. The first kappa shape index (κ1) is 31.0. The molecular formula is C27H27F6N7O4. The van der Waals surface area contributed by atoms with Gasteiger partial charge >= 0.3 is 12.4 Å². The van der Waals surface area contributed by atoms with Crippen LogP contribution in [-0.4, -0.2) is 89.1 Å². The van der Waals surface area contributed by atoms with Crippen LogP contribution in [-0.2, 0) is 21.9 Å². The predicted octanol–water partition coefficient (Wildman–Crippen LogP) is 2.99. The molecule has 1 N–H and O–H groups in total. The van der Waals surface area contributed by atoms with Crippen LogP contribution in [0.15, 0.2) is 53.6 Å². The minimum Gasteiger partial charge on any atom is -0.489 e. The monoisotopic (exact) mass is 627 g/mol. The fourth-order valence-corrected chi connectivity index (χ4v) is 5.00. The fraction of sp³-hybridized carbons (Fsp3) is 0.444. The smallest absolute Gasteiger partial charge is 0.421 e. The second-order valence-electron chi connectivity index (χ2n) is 10.2. The summed E-state index contributed by atoms with van der Waals surface area (Å²) in [5.41, 5.74) is -3.70. The maximum absolute atomic E-state index is 13.4. The lowest BCUT2D eigenvalue weighted by atomic mass is 10.2. The minimum absolute atomic E-state index is 0.0398. The summed E-state index contributed by atoms with van der Waals surface area (Å²) in [6.45, 7) is 0.922. The van der Waals surface area contributed by atoms with E-state index in [0.29, 0.717) is 43.7 Å². The van der Waals surface area contributed by atoms with Gasteiger partial charge in [-0.3, -0.25) is 9.59 Å². The molecule has 0 saturated carbocycles. The molecule has 0 aliphatic carbocycles. The van der Waals surface area contributed by atoms with E-state index in [4.69, 9.17) is 9.47 Å². The third-order valence-electron chi connectivity index (χ3n) is 7.23. The van der Waals surface area contributed by atoms with E-state index < -0.39 is 41.2 Å². The van der Waals surface area contributed by atoms with E-state index >= 15 is 0 Å². The molecule has 17 heteroatoms. The van der Waals surface area contributed by atoms with Gasteiger partial charge in [0.05, 0.1) is 24.8 Å². The van der Waals surface area contributed by atoms with E-state index in [1.807, 2.05) is 11.2 Å². The van der Waals surface area contributed by atoms with E-state index in [1.54, 1.807) is 34.1 Å². The molecule has 0 radical (unpaired) electrons. The molecule has 1 amide bonds. The van der Waals surface area contributed by atoms with Crippen molar-refractivity contribution >= 4 is 17.7 Å². The van der Waals surface area contributed by atoms with Crippen LogP contribution in [0.1, 0.15) is 17.5 Å². The Morgan fingerprint density at radius 3 is 2.30 bits per heavy atom. The Morgan fingerprint density at radius 1 is 0.977 bits per heavy atom. The number of amides is 1. The Hall–Kier alpha value is -4.41. The van der Waals surface area contributed by atoms with Gasteiger partial charge in [0.2, 0.25) is 11.9 Å². The van der Waals surface area contributed by atoms with Crippen molar-refractivity contribution in [1.82, 2.24) is 25.1 Å². The lowest BCUT2D eigenvalue weighted by molar-refractivity contribution is -0.139. The zero-order valence-corrected chi connectivity index (χ0v) is 23.0. The maximum atomic E-state index is 13.4. The molecule has 5 rings (SSSR count). The second kappa shape index (κ2) is 12.7. The number of aromatic amines is 1. The Bertz CT molecular complexity index is 1480. The lowest BCUT2D eigenvalue weighted by Gasteiger charge is -2.34. The molecular weight excluding hydrogens is 600 g/mol. The average Bonchev–Trinajstić information content (AvgIpc) is 3.39. The van der Waals surface area contributed by atoms with Crippen LogP contribution in [0.25, 0.3) is 0 Å². The quantitative estimate of drug-likeness (QED) is 0.377. The van der Waals surface area contributed by atoms with Crippen molar-refractivity contribution in [3.63, 3.8) is 0 Å². The molecule has 11 nitrogen and oxygen atoms in total. The minimum atomic E-state index is -4.88. The van der Waals surface area contributed by atoms with Crippen molar-refractivity contribution in [3.05, 3.63) is 70.3 Å². The molecule has 0 spiro atoms. The van der Waals surface area contributed by atoms with Crippen LogP contribution in [0.4, 0.5) is 38.1 Å². The van der Waals surface area contributed by atoms with Crippen LogP contribution >= 0.6 is 0 Å². The Kier molecular flexibility index (Phi) is 8.94. The molecule has 1 aromatic carbocycles. The summed E-state index contributed by atoms with van der Waals surface area (Å²) in [5.74, 6) is 0.249. The zero-order chi connectivity index (χ0) is 31.5. The number of hydrogen-bond donors (Lipinski definition) is 1. The van der Waals surface area contributed by atoms with Crippen LogP contribution in [0.5, 0.6) is 5.75 Å². The number of nitrogens with zero attached hydrogens (tertiary/aromatic N) is 6. The van der Waals surface area contributed by atoms with Gasteiger partial charge in [0.15, 0.2) is 0 Å². The van der Waals surface area contributed by atoms with Crippen LogP contribution in [0.3, 0.4) is 0 Å². The highest BCUT2D eigenvalue weighted by molar-refractivity contribution is 5.77. The fourth-order valence-electron chi connectivity index (χ4n) is 5.00. The number of para-hydroxylation sites is 1. The number of anilines is 2. The van der Waals surface area contributed by atoms with Crippen molar-refractivity contribution < 1.29 is 40.6 Å². The van der Waals surface area contributed by atoms with Gasteiger partial charge in [0.1, 0.15) is 29.8 Å². The maximum Gasteiger partial charge on any atom is 0.421 e. The van der Waals surface area contributed by atoms with Crippen molar-refractivity contribution in [2.45, 2.75) is 30.9 Å². The number of rotatable bonds is 8. The summed E-state index contributed by atoms with van der Waals surface area (Å²) >= 11 is 0. The lowest BCUT2D eigenvalue weighted by Crippen LogP contribution is -2.50. The molecule has 2 aliphatic heterocycles. The largest absolute Gasteiger partial charge is 0.489 e. The Balaban J connectivity index is 1.18. The van der Waals surface area contributed by atoms with Crippen molar-refractivity contribution in [1.29, 1.82) is 0 Å². The number of aromatic nitrogens is 4. The number of nitrogens with one attached hydrogen (secondary N) is 1. The van der Waals surface area contributed by atoms with Gasteiger partial charge in [-0.2, -0.15) is 31.4 Å². The molecule has 2 aliphatic rings. The highest BCUT2D eigenvalue weighted by Gasteiger charge is 2.39. The number of hydrogen-bond acceptors (Lipinski definition) is 9. The normalized spacial score (nSPS) is 19.4. The van der Waals surface area contributed by atoms with Gasteiger partial charge < -0.3 is 24.2 Å². The first-order chi connectivity index (χ1) is 20.9. The molecule has 2 aromatic heterocycles. The molecule has 2 atom stereocenters. The highest BCUT2D eigenvalue weighted by atomic mass is 19.4. The number of piperazine rings is 1. The number of alkyl halides is 6. The molecule has 236 valence electrons. The summed E-state index contributed by atoms with van der Waals surface area (Å²) in [4.78, 5) is 36.9. The van der Waals surface area contributed by atoms with E-state index in [9.17, 15) is 35.9 Å². The second-order valence-corrected chi connectivity index (χ2v) is 10.2. The molecule has 2 saturated heterocycles. The molecule has 0 unspecified atom stereocenters. The van der Waals surface area contributed by atoms with Crippen LogP contribution < -0.4 is 20.1 Å². The summed E-state index contributed by atoms with van der Waals surface area (Å²) in [6, 6.07) is 9.03. The molecule has 4 heterocycles. The third-order valence-corrected chi connectivity index (χ3v) is 7.23. The summed E-state index contributed by atoms with van der Waals surface area (Å²) in [7, 11) is 0. The average molecular weight is 628 g/mol. The Morgan fingerprint density at radius 2 is 1.66 bits per heavy atom. The van der Waals surface area contributed by atoms with Crippen molar-refractivity contribution in [3.8, 4) is 5.75 Å². The number of carbonyl (C=O) groups excluding carboxylic acids is 1. The molecule has 0 bridgehead atoms. The van der Waals surface area contributed by atoms with Crippen LogP contribution in [0.2, 0.25) is 0 Å². The predicted molar refractivity (Wildman–Crippen MR) is 143 cm³/mol. The van der Waals surface area contributed by atoms with E-state index in [0.717, 1.165) is 0 Å². The van der Waals surface area contributed by atoms with Gasteiger partial charge in [-0.25, -0.2) is 15.1 Å². The molecule has 44 heavy (non-hydrogen) atoms. The van der Waals surface area contributed by atoms with E-state index in [-0.39, 0.29) is 50.5 Å². The van der Waals surface area contributed by atoms with Gasteiger partial charge in [0, 0.05) is 51.1 Å². The summed E-state index contributed by atoms with van der Waals surface area (Å²) in [5, 5.41) is 5.73. The SMILES string of the molecule is O=C(COC[C@@H]1C[C@H](Oc2ccccc2)CN1c1cc(C(F)(F)F)c(=O)[nH]n1)N1CCN(c2ncc(C(F)(F)F)cn2)CC1. The summed E-state index contributed by atoms with van der Waals surface area (Å²) in [6.07, 6.45) is -8.10. The first-order valence-corrected chi connectivity index (χ1v) is 13.5. The first-order valence-electron chi connectivity index (χ1n) is 13.5. The molecule has 3 aromatic rings. The number of carbonyl (C=O) groups is 1. The van der Waals surface area contributed by atoms with Gasteiger partial charge in [-0.1, -0.05) is 18.2 Å². The number of ether oxygens (including phenoxy) is 2. The third kappa shape index (κ3) is 7.38. The standard InChI is InChI=1S/C27H27F6N7O4/c28-26(29,30)17-12-34-25(35-13-17)39-8-6-38(7-9-39)23(41)16-43-15-18-10-20(44-19-4-2-1-3-5-19)14-40(18)22-11-21(27(31,32)33)24(42)37-36-22/h1-5,11-13,18,20H,6-10,14-16H2,(H,37,42)/t18-,20-/m0/s1. The van der Waals surface area contributed by atoms with Crippen molar-refractivity contribution in [2.24, 2.45) is 0 Å². The number of halogens is 6. The highest BCUT2D eigenvalue weighted by Crippen LogP contribution is 2.32. The number of benzene rings is 1. The zero-order valence-electron chi connectivity index (χ0n) is 23.0. The van der Waals surface area contributed by atoms with Crippen molar-refractivity contribution in [2.75, 3.05) is 55.7 Å². The van der Waals surface area contributed by atoms with Gasteiger partial charge in [-0.15, -0.1) is 0 Å². The number of H-pyrrole nitrogens is 1.